The van der Waals surface area contributed by atoms with Crippen molar-refractivity contribution in [3.63, 3.8) is 0 Å². The van der Waals surface area contributed by atoms with E-state index >= 15 is 0 Å². The van der Waals surface area contributed by atoms with E-state index < -0.39 is 8.32 Å². The monoisotopic (exact) mass is 304 g/mol. The van der Waals surface area contributed by atoms with E-state index in [1.165, 1.54) is 10.1 Å². The Balaban J connectivity index is 2.77. The topological polar surface area (TPSA) is 9.23 Å². The van der Waals surface area contributed by atoms with Crippen molar-refractivity contribution in [1.29, 1.82) is 0 Å². The molecule has 0 amide bonds. The van der Waals surface area contributed by atoms with Gasteiger partial charge in [0.25, 0.3) is 0 Å². The summed E-state index contributed by atoms with van der Waals surface area (Å²) in [6, 6.07) is 0. The maximum absolute atomic E-state index is 6.49. The zero-order chi connectivity index (χ0) is 12.6. The van der Waals surface area contributed by atoms with Crippen LogP contribution in [0.15, 0.2) is 10.1 Å². The van der Waals surface area contributed by atoms with Crippen molar-refractivity contribution in [1.82, 2.24) is 0 Å². The van der Waals surface area contributed by atoms with Crippen molar-refractivity contribution >= 4 is 24.2 Å². The Morgan fingerprint density at radius 1 is 1.38 bits per heavy atom. The van der Waals surface area contributed by atoms with Gasteiger partial charge in [0, 0.05) is 0 Å². The fourth-order valence-electron chi connectivity index (χ4n) is 1.85. The van der Waals surface area contributed by atoms with Crippen molar-refractivity contribution in [2.75, 3.05) is 0 Å². The van der Waals surface area contributed by atoms with Gasteiger partial charge in [-0.3, -0.25) is 0 Å². The van der Waals surface area contributed by atoms with Gasteiger partial charge in [0.1, 0.15) is 0 Å². The Morgan fingerprint density at radius 2 is 1.94 bits per heavy atom. The number of rotatable bonds is 3. The van der Waals surface area contributed by atoms with Crippen molar-refractivity contribution in [3.05, 3.63) is 10.1 Å². The predicted molar refractivity (Wildman–Crippen MR) is 77.5 cm³/mol. The van der Waals surface area contributed by atoms with Gasteiger partial charge >= 0.3 is 0 Å². The Labute approximate surface area is 110 Å². The Bertz CT molecular complexity index is 289. The summed E-state index contributed by atoms with van der Waals surface area (Å²) in [6.07, 6.45) is 3.80. The van der Waals surface area contributed by atoms with Crippen molar-refractivity contribution in [3.8, 4) is 0 Å². The minimum absolute atomic E-state index is 0.306. The summed E-state index contributed by atoms with van der Waals surface area (Å²) >= 11 is 3.68. The molecular weight excluding hydrogens is 280 g/mol. The maximum Gasteiger partial charge on any atom is 0.192 e. The van der Waals surface area contributed by atoms with Crippen LogP contribution in [0.25, 0.3) is 0 Å². The first kappa shape index (κ1) is 14.5. The Morgan fingerprint density at radius 3 is 2.38 bits per heavy atom. The van der Waals surface area contributed by atoms with Crippen molar-refractivity contribution < 1.29 is 4.43 Å². The van der Waals surface area contributed by atoms with E-state index in [1.807, 2.05) is 0 Å². The predicted octanol–water partition coefficient (Wildman–Crippen LogP) is 5.23. The van der Waals surface area contributed by atoms with Gasteiger partial charge in [0.15, 0.2) is 8.32 Å². The summed E-state index contributed by atoms with van der Waals surface area (Å²) in [5.74, 6) is 0. The second kappa shape index (κ2) is 4.95. The van der Waals surface area contributed by atoms with Gasteiger partial charge in [0.05, 0.1) is 6.10 Å². The normalized spacial score (nSPS) is 23.1. The zero-order valence-corrected chi connectivity index (χ0v) is 14.1. The van der Waals surface area contributed by atoms with Gasteiger partial charge in [0.2, 0.25) is 0 Å². The highest BCUT2D eigenvalue weighted by Gasteiger charge is 2.40. The van der Waals surface area contributed by atoms with E-state index in [-0.39, 0.29) is 0 Å². The van der Waals surface area contributed by atoms with Crippen LogP contribution in [-0.4, -0.2) is 14.4 Å². The van der Waals surface area contributed by atoms with E-state index in [0.29, 0.717) is 11.1 Å². The molecular formula is C13H25BrOSi. The summed E-state index contributed by atoms with van der Waals surface area (Å²) in [5, 5.41) is 0.306. The van der Waals surface area contributed by atoms with Gasteiger partial charge in [-0.25, -0.2) is 0 Å². The van der Waals surface area contributed by atoms with E-state index in [4.69, 9.17) is 4.43 Å². The molecule has 0 aromatic carbocycles. The first-order valence-corrected chi connectivity index (χ1v) is 9.94. The summed E-state index contributed by atoms with van der Waals surface area (Å²) in [4.78, 5) is 0. The van der Waals surface area contributed by atoms with Gasteiger partial charge in [-0.1, -0.05) is 43.6 Å². The first-order valence-electron chi connectivity index (χ1n) is 6.24. The molecule has 1 atom stereocenters. The van der Waals surface area contributed by atoms with Crippen LogP contribution in [0.4, 0.5) is 0 Å². The van der Waals surface area contributed by atoms with Crippen LogP contribution in [-0.2, 0) is 4.43 Å². The van der Waals surface area contributed by atoms with Gasteiger partial charge in [-0.2, -0.15) is 0 Å². The number of allylic oxidation sites excluding steroid dienone is 1. The first-order chi connectivity index (χ1) is 7.19. The third kappa shape index (κ3) is 2.99. The van der Waals surface area contributed by atoms with Crippen molar-refractivity contribution in [2.45, 2.75) is 71.2 Å². The van der Waals surface area contributed by atoms with Crippen LogP contribution in [0, 0.1) is 0 Å². The zero-order valence-electron chi connectivity index (χ0n) is 11.5. The fraction of sp³-hybridized carbons (Fsp3) is 0.846. The van der Waals surface area contributed by atoms with Crippen LogP contribution in [0.1, 0.15) is 47.0 Å². The molecule has 1 nitrogen and oxygen atoms in total. The third-order valence-corrected chi connectivity index (χ3v) is 9.38. The molecule has 1 unspecified atom stereocenters. The lowest BCUT2D eigenvalue weighted by atomic mass is 10.1. The lowest BCUT2D eigenvalue weighted by Crippen LogP contribution is -2.43. The minimum Gasteiger partial charge on any atom is -0.410 e. The Kier molecular flexibility index (Phi) is 4.47. The smallest absolute Gasteiger partial charge is 0.192 e. The maximum atomic E-state index is 6.49. The molecule has 0 aromatic heterocycles. The lowest BCUT2D eigenvalue weighted by molar-refractivity contribution is 0.211. The molecule has 0 aromatic rings. The van der Waals surface area contributed by atoms with E-state index in [1.54, 1.807) is 0 Å². The third-order valence-electron chi connectivity index (χ3n) is 3.99. The lowest BCUT2D eigenvalue weighted by Gasteiger charge is -2.39. The van der Waals surface area contributed by atoms with Crippen LogP contribution in [0.3, 0.4) is 0 Å². The molecule has 16 heavy (non-hydrogen) atoms. The molecule has 0 radical (unpaired) electrons. The number of hydrogen-bond acceptors (Lipinski definition) is 1. The van der Waals surface area contributed by atoms with Crippen LogP contribution < -0.4 is 0 Å². The molecule has 0 saturated heterocycles. The average molecular weight is 305 g/mol. The summed E-state index contributed by atoms with van der Waals surface area (Å²) in [7, 11) is -1.61. The van der Waals surface area contributed by atoms with Crippen LogP contribution >= 0.6 is 15.9 Å². The second-order valence-electron chi connectivity index (χ2n) is 6.19. The van der Waals surface area contributed by atoms with E-state index in [9.17, 15) is 0 Å². The van der Waals surface area contributed by atoms with Crippen LogP contribution in [0.5, 0.6) is 0 Å². The van der Waals surface area contributed by atoms with Crippen molar-refractivity contribution in [2.24, 2.45) is 0 Å². The van der Waals surface area contributed by atoms with E-state index in [2.05, 4.69) is 56.7 Å². The number of halogens is 1. The standard InChI is InChI=1S/C13H25BrOSi/c1-7-10-11(14)8-9-12(10)15-16(5,6)13(2,3)4/h12H,7-9H2,1-6H3. The highest BCUT2D eigenvalue weighted by Crippen LogP contribution is 2.42. The second-order valence-corrected chi connectivity index (χ2v) is 11.9. The fourth-order valence-corrected chi connectivity index (χ4v) is 3.94. The molecule has 1 rings (SSSR count). The summed E-state index contributed by atoms with van der Waals surface area (Å²) < 4.78 is 7.88. The average Bonchev–Trinajstić information content (AvgIpc) is 2.44. The molecule has 0 spiro atoms. The van der Waals surface area contributed by atoms with Crippen LogP contribution in [0.2, 0.25) is 18.1 Å². The molecule has 1 aliphatic carbocycles. The molecule has 0 N–H and O–H groups in total. The molecule has 1 aliphatic rings. The molecule has 0 heterocycles. The minimum atomic E-state index is -1.61. The molecule has 0 aliphatic heterocycles. The number of hydrogen-bond donors (Lipinski definition) is 0. The molecule has 0 saturated carbocycles. The molecule has 0 bridgehead atoms. The Hall–Kier alpha value is 0.397. The molecule has 94 valence electrons. The molecule has 3 heteroatoms. The quantitative estimate of drug-likeness (QED) is 0.649. The largest absolute Gasteiger partial charge is 0.410 e. The van der Waals surface area contributed by atoms with Gasteiger partial charge in [-0.05, 0) is 47.5 Å². The SMILES string of the molecule is CCC1=C(Br)CCC1O[Si](C)(C)C(C)(C)C. The van der Waals surface area contributed by atoms with E-state index in [0.717, 1.165) is 19.3 Å². The summed E-state index contributed by atoms with van der Waals surface area (Å²) in [6.45, 7) is 13.8. The van der Waals surface area contributed by atoms with Gasteiger partial charge < -0.3 is 4.43 Å². The highest BCUT2D eigenvalue weighted by molar-refractivity contribution is 9.11. The summed E-state index contributed by atoms with van der Waals surface area (Å²) in [5.41, 5.74) is 1.49. The highest BCUT2D eigenvalue weighted by atomic mass is 79.9. The molecule has 0 fully saturated rings. The van der Waals surface area contributed by atoms with Gasteiger partial charge in [-0.15, -0.1) is 0 Å².